The molecule has 0 aliphatic heterocycles. The van der Waals surface area contributed by atoms with Crippen molar-refractivity contribution in [1.82, 2.24) is 15.5 Å². The Labute approximate surface area is 136 Å². The Morgan fingerprint density at radius 3 is 2.27 bits per heavy atom. The normalized spacial score (nSPS) is 14.1. The predicted molar refractivity (Wildman–Crippen MR) is 96.7 cm³/mol. The van der Waals surface area contributed by atoms with Crippen LogP contribution in [0.2, 0.25) is 0 Å². The third-order valence-corrected chi connectivity index (χ3v) is 4.34. The van der Waals surface area contributed by atoms with Crippen LogP contribution in [-0.2, 0) is 0 Å². The summed E-state index contributed by atoms with van der Waals surface area (Å²) >= 11 is 0. The summed E-state index contributed by atoms with van der Waals surface area (Å²) in [7, 11) is 6.00. The summed E-state index contributed by atoms with van der Waals surface area (Å²) in [5.41, 5.74) is 2.73. The fraction of sp³-hybridized carbons (Fsp3) is 0.611. The molecule has 1 atom stereocenters. The molecule has 1 unspecified atom stereocenters. The Kier molecular flexibility index (Phi) is 6.88. The van der Waals surface area contributed by atoms with Crippen LogP contribution in [0.4, 0.5) is 0 Å². The molecule has 0 spiro atoms. The molecule has 0 radical (unpaired) electrons. The van der Waals surface area contributed by atoms with Crippen LogP contribution in [0.3, 0.4) is 0 Å². The first kappa shape index (κ1) is 18.5. The van der Waals surface area contributed by atoms with Gasteiger partial charge in [0.1, 0.15) is 0 Å². The van der Waals surface area contributed by atoms with E-state index in [1.165, 1.54) is 11.1 Å². The van der Waals surface area contributed by atoms with Gasteiger partial charge in [0.2, 0.25) is 0 Å². The molecular weight excluding hydrogens is 272 g/mol. The smallest absolute Gasteiger partial charge is 0.191 e. The zero-order valence-corrected chi connectivity index (χ0v) is 15.2. The van der Waals surface area contributed by atoms with E-state index in [2.05, 4.69) is 86.6 Å². The Hall–Kier alpha value is -1.55. The minimum Gasteiger partial charge on any atom is -0.356 e. The second-order valence-electron chi connectivity index (χ2n) is 6.83. The van der Waals surface area contributed by atoms with Crippen LogP contribution in [0.25, 0.3) is 0 Å². The van der Waals surface area contributed by atoms with Crippen LogP contribution in [0.15, 0.2) is 29.3 Å². The quantitative estimate of drug-likeness (QED) is 0.627. The average molecular weight is 304 g/mol. The molecule has 2 N–H and O–H groups in total. The first-order chi connectivity index (χ1) is 10.3. The van der Waals surface area contributed by atoms with Gasteiger partial charge in [-0.05, 0) is 46.3 Å². The van der Waals surface area contributed by atoms with Gasteiger partial charge in [-0.15, -0.1) is 0 Å². The van der Waals surface area contributed by atoms with E-state index in [4.69, 9.17) is 0 Å². The minimum absolute atomic E-state index is 0.0835. The van der Waals surface area contributed by atoms with Crippen molar-refractivity contribution in [3.05, 3.63) is 35.4 Å². The Morgan fingerprint density at radius 1 is 1.18 bits per heavy atom. The Bertz CT molecular complexity index is 474. The molecule has 0 aliphatic carbocycles. The fourth-order valence-electron chi connectivity index (χ4n) is 1.94. The zero-order valence-electron chi connectivity index (χ0n) is 15.2. The Morgan fingerprint density at radius 2 is 1.77 bits per heavy atom. The molecular formula is C18H32N4. The summed E-state index contributed by atoms with van der Waals surface area (Å²) in [5.74, 6) is 1.30. The lowest BCUT2D eigenvalue weighted by atomic mass is 10.0. The fourth-order valence-corrected chi connectivity index (χ4v) is 1.94. The van der Waals surface area contributed by atoms with Crippen molar-refractivity contribution in [1.29, 1.82) is 0 Å². The molecule has 0 amide bonds. The predicted octanol–water partition coefficient (Wildman–Crippen LogP) is 2.60. The summed E-state index contributed by atoms with van der Waals surface area (Å²) in [6, 6.07) is 8.73. The number of nitrogens with one attached hydrogen (secondary N) is 2. The lowest BCUT2D eigenvalue weighted by molar-refractivity contribution is 0.197. The Balaban J connectivity index is 2.49. The van der Waals surface area contributed by atoms with Crippen molar-refractivity contribution in [3.63, 3.8) is 0 Å². The van der Waals surface area contributed by atoms with Gasteiger partial charge < -0.3 is 15.5 Å². The standard InChI is InChI=1S/C18H32N4/c1-14-8-10-16(11-9-14)15(2)12-20-17(19-5)21-13-18(3,4)22(6)7/h8-11,15H,12-13H2,1-7H3,(H2,19,20,21). The highest BCUT2D eigenvalue weighted by molar-refractivity contribution is 5.79. The number of rotatable bonds is 6. The van der Waals surface area contributed by atoms with E-state index in [1.807, 2.05) is 7.05 Å². The number of hydrogen-bond donors (Lipinski definition) is 2. The van der Waals surface area contributed by atoms with Gasteiger partial charge in [-0.2, -0.15) is 0 Å². The van der Waals surface area contributed by atoms with Crippen molar-refractivity contribution in [3.8, 4) is 0 Å². The molecule has 0 aromatic heterocycles. The maximum atomic E-state index is 4.31. The van der Waals surface area contributed by atoms with Gasteiger partial charge in [0.05, 0.1) is 0 Å². The van der Waals surface area contributed by atoms with Crippen molar-refractivity contribution < 1.29 is 0 Å². The van der Waals surface area contributed by atoms with Gasteiger partial charge in [0.15, 0.2) is 5.96 Å². The number of hydrogen-bond acceptors (Lipinski definition) is 2. The molecule has 0 aliphatic rings. The van der Waals surface area contributed by atoms with Gasteiger partial charge >= 0.3 is 0 Å². The summed E-state index contributed by atoms with van der Waals surface area (Å²) < 4.78 is 0. The molecule has 22 heavy (non-hydrogen) atoms. The van der Waals surface area contributed by atoms with Crippen LogP contribution < -0.4 is 10.6 Å². The van der Waals surface area contributed by atoms with Crippen molar-refractivity contribution in [2.75, 3.05) is 34.2 Å². The van der Waals surface area contributed by atoms with E-state index in [1.54, 1.807) is 0 Å². The third-order valence-electron chi connectivity index (χ3n) is 4.34. The molecule has 1 aromatic carbocycles. The van der Waals surface area contributed by atoms with Crippen LogP contribution in [-0.4, -0.2) is 50.6 Å². The third kappa shape index (κ3) is 5.68. The molecule has 0 saturated heterocycles. The minimum atomic E-state index is 0.0835. The maximum absolute atomic E-state index is 4.31. The molecule has 4 nitrogen and oxygen atoms in total. The number of aryl methyl sites for hydroxylation is 1. The monoisotopic (exact) mass is 304 g/mol. The maximum Gasteiger partial charge on any atom is 0.191 e. The number of aliphatic imine (C=N–C) groups is 1. The zero-order chi connectivity index (χ0) is 16.8. The number of benzene rings is 1. The van der Waals surface area contributed by atoms with Crippen LogP contribution in [0.1, 0.15) is 37.8 Å². The molecule has 1 rings (SSSR count). The van der Waals surface area contributed by atoms with E-state index in [-0.39, 0.29) is 5.54 Å². The molecule has 4 heteroatoms. The van der Waals surface area contributed by atoms with Gasteiger partial charge in [0.25, 0.3) is 0 Å². The lowest BCUT2D eigenvalue weighted by Crippen LogP contribution is -2.51. The lowest BCUT2D eigenvalue weighted by Gasteiger charge is -2.33. The second kappa shape index (κ2) is 8.18. The van der Waals surface area contributed by atoms with Crippen molar-refractivity contribution in [2.45, 2.75) is 39.2 Å². The summed E-state index contributed by atoms with van der Waals surface area (Å²) in [6.07, 6.45) is 0. The molecule has 0 bridgehead atoms. The molecule has 0 saturated carbocycles. The number of guanidine groups is 1. The highest BCUT2D eigenvalue weighted by atomic mass is 15.2. The highest BCUT2D eigenvalue weighted by Crippen LogP contribution is 2.14. The SMILES string of the molecule is CN=C(NCC(C)c1ccc(C)cc1)NCC(C)(C)N(C)C. The molecule has 0 heterocycles. The molecule has 0 fully saturated rings. The number of likely N-dealkylation sites (N-methyl/N-ethyl adjacent to an activating group) is 1. The first-order valence-corrected chi connectivity index (χ1v) is 7.95. The van der Waals surface area contributed by atoms with E-state index >= 15 is 0 Å². The second-order valence-corrected chi connectivity index (χ2v) is 6.83. The highest BCUT2D eigenvalue weighted by Gasteiger charge is 2.20. The van der Waals surface area contributed by atoms with E-state index in [9.17, 15) is 0 Å². The molecule has 1 aromatic rings. The van der Waals surface area contributed by atoms with E-state index in [0.29, 0.717) is 5.92 Å². The first-order valence-electron chi connectivity index (χ1n) is 7.95. The summed E-state index contributed by atoms with van der Waals surface area (Å²) in [4.78, 5) is 6.52. The summed E-state index contributed by atoms with van der Waals surface area (Å²) in [5, 5.41) is 6.82. The average Bonchev–Trinajstić information content (AvgIpc) is 2.47. The van der Waals surface area contributed by atoms with E-state index < -0.39 is 0 Å². The topological polar surface area (TPSA) is 39.7 Å². The van der Waals surface area contributed by atoms with Gasteiger partial charge in [-0.1, -0.05) is 36.8 Å². The van der Waals surface area contributed by atoms with Crippen LogP contribution in [0, 0.1) is 6.92 Å². The number of nitrogens with zero attached hydrogens (tertiary/aromatic N) is 2. The molecule has 124 valence electrons. The van der Waals surface area contributed by atoms with E-state index in [0.717, 1.165) is 19.0 Å². The van der Waals surface area contributed by atoms with Crippen LogP contribution in [0.5, 0.6) is 0 Å². The van der Waals surface area contributed by atoms with Crippen molar-refractivity contribution in [2.24, 2.45) is 4.99 Å². The van der Waals surface area contributed by atoms with Gasteiger partial charge in [0, 0.05) is 25.7 Å². The summed E-state index contributed by atoms with van der Waals surface area (Å²) in [6.45, 7) is 10.5. The largest absolute Gasteiger partial charge is 0.356 e. The van der Waals surface area contributed by atoms with Crippen molar-refractivity contribution >= 4 is 5.96 Å². The van der Waals surface area contributed by atoms with Crippen LogP contribution >= 0.6 is 0 Å². The van der Waals surface area contributed by atoms with Gasteiger partial charge in [-0.25, -0.2) is 0 Å². The van der Waals surface area contributed by atoms with Gasteiger partial charge in [-0.3, -0.25) is 4.99 Å².